The van der Waals surface area contributed by atoms with Crippen LogP contribution in [0.5, 0.6) is 0 Å². The first kappa shape index (κ1) is 18.2. The monoisotopic (exact) mass is 374 g/mol. The van der Waals surface area contributed by atoms with Crippen LogP contribution in [0.2, 0.25) is 5.02 Å². The number of nitrogens with zero attached hydrogens (tertiary/aromatic N) is 3. The summed E-state index contributed by atoms with van der Waals surface area (Å²) in [6, 6.07) is 7.09. The molecule has 0 aliphatic rings. The Morgan fingerprint density at radius 3 is 2.77 bits per heavy atom. The van der Waals surface area contributed by atoms with Crippen LogP contribution >= 0.6 is 11.6 Å². The Balaban J connectivity index is 2.06. The van der Waals surface area contributed by atoms with E-state index in [1.807, 2.05) is 25.1 Å². The molecule has 3 aromatic rings. The fourth-order valence-corrected chi connectivity index (χ4v) is 2.98. The molecule has 0 fully saturated rings. The summed E-state index contributed by atoms with van der Waals surface area (Å²) in [5.41, 5.74) is 1.38. The minimum atomic E-state index is -0.361. The minimum absolute atomic E-state index is 0.168. The highest BCUT2D eigenvalue weighted by Gasteiger charge is 2.17. The topological polar surface area (TPSA) is 77.6 Å². The van der Waals surface area contributed by atoms with Crippen molar-refractivity contribution in [3.05, 3.63) is 57.7 Å². The summed E-state index contributed by atoms with van der Waals surface area (Å²) >= 11 is 6.26. The number of halogens is 1. The molecule has 136 valence electrons. The second kappa shape index (κ2) is 7.31. The average molecular weight is 375 g/mol. The molecule has 8 heteroatoms. The fourth-order valence-electron chi connectivity index (χ4n) is 2.75. The van der Waals surface area contributed by atoms with E-state index in [1.54, 1.807) is 30.8 Å². The Morgan fingerprint density at radius 2 is 2.08 bits per heavy atom. The van der Waals surface area contributed by atoms with Crippen LogP contribution in [0.1, 0.15) is 17.4 Å². The highest BCUT2D eigenvalue weighted by molar-refractivity contribution is 6.33. The van der Waals surface area contributed by atoms with E-state index in [9.17, 15) is 9.59 Å². The molecule has 2 heterocycles. The third kappa shape index (κ3) is 3.36. The van der Waals surface area contributed by atoms with Crippen LogP contribution in [0.3, 0.4) is 0 Å². The van der Waals surface area contributed by atoms with Crippen molar-refractivity contribution in [2.45, 2.75) is 13.0 Å². The van der Waals surface area contributed by atoms with Gasteiger partial charge in [0, 0.05) is 43.2 Å². The lowest BCUT2D eigenvalue weighted by molar-refractivity contribution is 0.0901. The Kier molecular flexibility index (Phi) is 5.11. The molecule has 7 nitrogen and oxygen atoms in total. The summed E-state index contributed by atoms with van der Waals surface area (Å²) in [5.74, 6) is -0.361. The second-order valence-corrected chi connectivity index (χ2v) is 6.45. The highest BCUT2D eigenvalue weighted by Crippen LogP contribution is 2.26. The maximum absolute atomic E-state index is 12.7. The van der Waals surface area contributed by atoms with E-state index >= 15 is 0 Å². The molecule has 1 amide bonds. The SMILES string of the molecule is COC[C@@H](C)NC(=O)c1cn2cc(-c3ccccc3Cl)n(C)c(=O)c2n1. The van der Waals surface area contributed by atoms with Gasteiger partial charge in [-0.25, -0.2) is 4.98 Å². The van der Waals surface area contributed by atoms with Gasteiger partial charge in [0.05, 0.1) is 12.3 Å². The molecule has 1 aromatic carbocycles. The van der Waals surface area contributed by atoms with Crippen LogP contribution < -0.4 is 10.9 Å². The number of benzene rings is 1. The van der Waals surface area contributed by atoms with Gasteiger partial charge in [-0.15, -0.1) is 0 Å². The number of aromatic nitrogens is 3. The van der Waals surface area contributed by atoms with Crippen LogP contribution in [0.15, 0.2) is 41.5 Å². The molecule has 0 saturated carbocycles. The van der Waals surface area contributed by atoms with E-state index in [1.165, 1.54) is 10.8 Å². The van der Waals surface area contributed by atoms with E-state index in [4.69, 9.17) is 16.3 Å². The maximum Gasteiger partial charge on any atom is 0.294 e. The Hall–Kier alpha value is -2.64. The number of ether oxygens (including phenoxy) is 1. The molecule has 3 rings (SSSR count). The van der Waals surface area contributed by atoms with Crippen molar-refractivity contribution in [2.75, 3.05) is 13.7 Å². The van der Waals surface area contributed by atoms with Crippen LogP contribution in [-0.2, 0) is 11.8 Å². The Morgan fingerprint density at radius 1 is 1.35 bits per heavy atom. The molecule has 26 heavy (non-hydrogen) atoms. The number of nitrogens with one attached hydrogen (secondary N) is 1. The third-order valence-corrected chi connectivity index (χ3v) is 4.36. The first-order chi connectivity index (χ1) is 12.4. The van der Waals surface area contributed by atoms with E-state index < -0.39 is 0 Å². The predicted octanol–water partition coefficient (Wildman–Crippen LogP) is 2.12. The zero-order valence-electron chi connectivity index (χ0n) is 14.7. The minimum Gasteiger partial charge on any atom is -0.383 e. The first-order valence-electron chi connectivity index (χ1n) is 8.05. The van der Waals surface area contributed by atoms with Gasteiger partial charge in [-0.1, -0.05) is 29.8 Å². The van der Waals surface area contributed by atoms with Crippen LogP contribution in [0.25, 0.3) is 16.9 Å². The molecule has 2 aromatic heterocycles. The quantitative estimate of drug-likeness (QED) is 0.742. The summed E-state index contributed by atoms with van der Waals surface area (Å²) in [6.45, 7) is 2.21. The summed E-state index contributed by atoms with van der Waals surface area (Å²) in [5, 5.41) is 3.31. The van der Waals surface area contributed by atoms with Gasteiger partial charge in [-0.2, -0.15) is 0 Å². The maximum atomic E-state index is 12.7. The van der Waals surface area contributed by atoms with Crippen molar-refractivity contribution < 1.29 is 9.53 Å². The number of imidazole rings is 1. The van der Waals surface area contributed by atoms with Gasteiger partial charge in [-0.3, -0.25) is 14.0 Å². The number of carbonyl (C=O) groups excluding carboxylic acids is 1. The standard InChI is InChI=1S/C18H19ClN4O3/c1-11(10-26-3)20-17(24)14-8-23-9-15(12-6-4-5-7-13(12)19)22(2)18(25)16(23)21-14/h4-9,11H,10H2,1-3H3,(H,20,24)/t11-/m1/s1. The number of fused-ring (bicyclic) bond motifs is 1. The number of methoxy groups -OCH3 is 1. The van der Waals surface area contributed by atoms with Crippen molar-refractivity contribution in [3.8, 4) is 11.3 Å². The third-order valence-electron chi connectivity index (χ3n) is 4.03. The first-order valence-corrected chi connectivity index (χ1v) is 8.43. The van der Waals surface area contributed by atoms with Crippen molar-refractivity contribution in [1.29, 1.82) is 0 Å². The van der Waals surface area contributed by atoms with Gasteiger partial charge in [0.1, 0.15) is 5.69 Å². The van der Waals surface area contributed by atoms with E-state index in [0.29, 0.717) is 17.3 Å². The Labute approximate surface area is 155 Å². The molecule has 0 radical (unpaired) electrons. The van der Waals surface area contributed by atoms with Gasteiger partial charge in [0.15, 0.2) is 0 Å². The molecule has 0 unspecified atom stereocenters. The Bertz CT molecular complexity index is 1020. The van der Waals surface area contributed by atoms with Crippen molar-refractivity contribution in [1.82, 2.24) is 19.3 Å². The lowest BCUT2D eigenvalue weighted by atomic mass is 10.1. The van der Waals surface area contributed by atoms with Crippen molar-refractivity contribution >= 4 is 23.2 Å². The van der Waals surface area contributed by atoms with E-state index in [-0.39, 0.29) is 28.8 Å². The average Bonchev–Trinajstić information content (AvgIpc) is 3.03. The highest BCUT2D eigenvalue weighted by atomic mass is 35.5. The molecule has 0 aliphatic carbocycles. The van der Waals surface area contributed by atoms with Gasteiger partial charge < -0.3 is 14.6 Å². The molecular formula is C18H19ClN4O3. The molecule has 1 atom stereocenters. The second-order valence-electron chi connectivity index (χ2n) is 6.05. The number of amides is 1. The van der Waals surface area contributed by atoms with E-state index in [2.05, 4.69) is 10.3 Å². The van der Waals surface area contributed by atoms with Gasteiger partial charge in [0.25, 0.3) is 11.5 Å². The normalized spacial score (nSPS) is 12.3. The lowest BCUT2D eigenvalue weighted by Crippen LogP contribution is -2.35. The summed E-state index contributed by atoms with van der Waals surface area (Å²) in [7, 11) is 3.21. The molecule has 0 saturated heterocycles. The summed E-state index contributed by atoms with van der Waals surface area (Å²) in [6.07, 6.45) is 3.27. The lowest BCUT2D eigenvalue weighted by Gasteiger charge is -2.10. The number of carbonyl (C=O) groups is 1. The van der Waals surface area contributed by atoms with Gasteiger partial charge in [-0.05, 0) is 13.0 Å². The zero-order chi connectivity index (χ0) is 18.8. The largest absolute Gasteiger partial charge is 0.383 e. The number of rotatable bonds is 5. The predicted molar refractivity (Wildman–Crippen MR) is 99.7 cm³/mol. The van der Waals surface area contributed by atoms with E-state index in [0.717, 1.165) is 5.56 Å². The van der Waals surface area contributed by atoms with Crippen LogP contribution in [-0.4, -0.2) is 39.6 Å². The van der Waals surface area contributed by atoms with Gasteiger partial charge >= 0.3 is 0 Å². The summed E-state index contributed by atoms with van der Waals surface area (Å²) in [4.78, 5) is 29.2. The van der Waals surface area contributed by atoms with Crippen LogP contribution in [0.4, 0.5) is 0 Å². The molecule has 1 N–H and O–H groups in total. The number of hydrogen-bond acceptors (Lipinski definition) is 4. The van der Waals surface area contributed by atoms with Crippen LogP contribution in [0, 0.1) is 0 Å². The fraction of sp³-hybridized carbons (Fsp3) is 0.278. The number of hydrogen-bond donors (Lipinski definition) is 1. The van der Waals surface area contributed by atoms with Gasteiger partial charge in [0.2, 0.25) is 5.65 Å². The molecule has 0 aliphatic heterocycles. The molecule has 0 spiro atoms. The van der Waals surface area contributed by atoms with Crippen molar-refractivity contribution in [3.63, 3.8) is 0 Å². The van der Waals surface area contributed by atoms with Crippen molar-refractivity contribution in [2.24, 2.45) is 7.05 Å². The smallest absolute Gasteiger partial charge is 0.294 e. The molecular weight excluding hydrogens is 356 g/mol. The summed E-state index contributed by atoms with van der Waals surface area (Å²) < 4.78 is 8.03. The zero-order valence-corrected chi connectivity index (χ0v) is 15.4. The molecule has 0 bridgehead atoms.